The van der Waals surface area contributed by atoms with E-state index in [0.29, 0.717) is 19.6 Å². The third-order valence-corrected chi connectivity index (χ3v) is 12.9. The smallest absolute Gasteiger partial charge is 0.305 e. The van der Waals surface area contributed by atoms with Gasteiger partial charge < -0.3 is 56.8 Å². The van der Waals surface area contributed by atoms with Crippen LogP contribution in [0.2, 0.25) is 0 Å². The van der Waals surface area contributed by atoms with Crippen LogP contribution in [0.1, 0.15) is 72.8 Å². The molecule has 0 aromatic heterocycles. The van der Waals surface area contributed by atoms with Crippen LogP contribution < -0.4 is 0 Å². The van der Waals surface area contributed by atoms with Gasteiger partial charge in [-0.2, -0.15) is 0 Å². The van der Waals surface area contributed by atoms with E-state index >= 15 is 0 Å². The van der Waals surface area contributed by atoms with E-state index in [-0.39, 0.29) is 45.6 Å². The quantitative estimate of drug-likeness (QED) is 0.0309. The molecule has 7 rings (SSSR count). The first-order valence-corrected chi connectivity index (χ1v) is 25.4. The number of esters is 1. The van der Waals surface area contributed by atoms with Crippen LogP contribution in [0.3, 0.4) is 0 Å². The third kappa shape index (κ3) is 17.4. The fourth-order valence-corrected chi connectivity index (χ4v) is 9.09. The summed E-state index contributed by atoms with van der Waals surface area (Å²) < 4.78 is 79.3. The molecule has 2 fully saturated rings. The van der Waals surface area contributed by atoms with Crippen LogP contribution in [0.15, 0.2) is 152 Å². The summed E-state index contributed by atoms with van der Waals surface area (Å²) in [6.45, 7) is 2.17. The molecule has 0 N–H and O–H groups in total. The molecule has 72 heavy (non-hydrogen) atoms. The largest absolute Gasteiger partial charge is 0.469 e. The van der Waals surface area contributed by atoms with Gasteiger partial charge in [0.05, 0.1) is 53.4 Å². The van der Waals surface area contributed by atoms with Crippen LogP contribution in [-0.4, -0.2) is 109 Å². The van der Waals surface area contributed by atoms with E-state index in [4.69, 9.17) is 56.8 Å². The Labute approximate surface area is 426 Å². The van der Waals surface area contributed by atoms with Crippen molar-refractivity contribution < 1.29 is 61.6 Å². The number of carbonyl (C=O) groups excluding carboxylic acids is 1. The van der Waals surface area contributed by atoms with Crippen LogP contribution in [0.5, 0.6) is 0 Å². The van der Waals surface area contributed by atoms with Crippen LogP contribution in [0, 0.1) is 0 Å². The summed E-state index contributed by atoms with van der Waals surface area (Å²) in [5.74, 6) is -0.174. The van der Waals surface area contributed by atoms with Crippen molar-refractivity contribution in [1.82, 2.24) is 0 Å². The highest BCUT2D eigenvalue weighted by Crippen LogP contribution is 2.36. The van der Waals surface area contributed by atoms with Gasteiger partial charge in [0.15, 0.2) is 12.6 Å². The lowest BCUT2D eigenvalue weighted by Crippen LogP contribution is -2.66. The maximum absolute atomic E-state index is 11.6. The summed E-state index contributed by atoms with van der Waals surface area (Å²) in [4.78, 5) is 11.6. The molecule has 10 atom stereocenters. The molecular formula is C59H74O13. The van der Waals surface area contributed by atoms with Crippen molar-refractivity contribution in [2.45, 2.75) is 139 Å². The van der Waals surface area contributed by atoms with E-state index in [1.807, 2.05) is 152 Å². The first kappa shape index (κ1) is 54.9. The summed E-state index contributed by atoms with van der Waals surface area (Å²) in [5.41, 5.74) is 4.95. The summed E-state index contributed by atoms with van der Waals surface area (Å²) in [7, 11) is 4.70. The number of carbonyl (C=O) groups is 1. The fraction of sp³-hybridized carbons (Fsp3) is 0.475. The zero-order valence-corrected chi connectivity index (χ0v) is 42.1. The SMILES string of the molecule is COC[C@H]1O[C@H](OCCCCCCCCC(=O)OC)[C@H](O[C@@H]2O[C@H](COCc3ccccc3)[C@@H](OCc3ccccc3)[C@H](OCc3ccccc3)[C@H]2OCc2ccccc2)[C@@H](OCc2ccccc2)[C@@H]1OC. The molecule has 388 valence electrons. The van der Waals surface area contributed by atoms with Gasteiger partial charge in [-0.3, -0.25) is 4.79 Å². The van der Waals surface area contributed by atoms with Crippen LogP contribution in [-0.2, 0) is 94.7 Å². The van der Waals surface area contributed by atoms with E-state index < -0.39 is 61.4 Å². The molecule has 2 saturated heterocycles. The van der Waals surface area contributed by atoms with Crippen LogP contribution >= 0.6 is 0 Å². The predicted octanol–water partition coefficient (Wildman–Crippen LogP) is 9.96. The molecule has 0 saturated carbocycles. The van der Waals surface area contributed by atoms with Gasteiger partial charge in [-0.15, -0.1) is 0 Å². The van der Waals surface area contributed by atoms with Crippen molar-refractivity contribution in [2.75, 3.05) is 41.2 Å². The molecule has 2 aliphatic rings. The Hall–Kier alpha value is -4.87. The van der Waals surface area contributed by atoms with Crippen molar-refractivity contribution in [1.29, 1.82) is 0 Å². The molecule has 0 radical (unpaired) electrons. The van der Waals surface area contributed by atoms with Gasteiger partial charge in [0.2, 0.25) is 0 Å². The van der Waals surface area contributed by atoms with E-state index in [2.05, 4.69) is 0 Å². The van der Waals surface area contributed by atoms with Gasteiger partial charge >= 0.3 is 5.97 Å². The lowest BCUT2D eigenvalue weighted by atomic mass is 9.96. The molecule has 0 amide bonds. The minimum Gasteiger partial charge on any atom is -0.469 e. The summed E-state index contributed by atoms with van der Waals surface area (Å²) >= 11 is 0. The molecule has 5 aromatic rings. The van der Waals surface area contributed by atoms with Gasteiger partial charge in [0.25, 0.3) is 0 Å². The second kappa shape index (κ2) is 31.0. The van der Waals surface area contributed by atoms with Crippen molar-refractivity contribution in [3.8, 4) is 0 Å². The summed E-state index contributed by atoms with van der Waals surface area (Å²) in [6.07, 6.45) is -1.89. The standard InChI is InChI=1S/C59H74O13/c1-61-42-49-52(63-3)54(67-39-46-29-17-10-18-30-46)57(58(70-49)65-36-24-7-5-4-6-23-35-51(60)62-2)72-59-56(69-41-48-33-21-12-22-34-48)55(68-40-47-31-19-11-20-32-47)53(66-38-45-27-15-9-16-28-45)50(71-59)43-64-37-44-25-13-8-14-26-44/h8-22,25-34,49-50,52-59H,4-7,23-24,35-43H2,1-3H3/t49-,50-,52-,53-,54+,55+,56-,57-,58+,59+/m1/s1. The average molecular weight is 991 g/mol. The second-order valence-electron chi connectivity index (χ2n) is 18.2. The molecule has 13 nitrogen and oxygen atoms in total. The van der Waals surface area contributed by atoms with Gasteiger partial charge in [0.1, 0.15) is 48.8 Å². The average Bonchev–Trinajstić information content (AvgIpc) is 3.42. The highest BCUT2D eigenvalue weighted by molar-refractivity contribution is 5.68. The lowest BCUT2D eigenvalue weighted by Gasteiger charge is -2.50. The monoisotopic (exact) mass is 991 g/mol. The number of methoxy groups -OCH3 is 3. The van der Waals surface area contributed by atoms with Crippen molar-refractivity contribution in [2.24, 2.45) is 0 Å². The van der Waals surface area contributed by atoms with E-state index in [0.717, 1.165) is 66.3 Å². The van der Waals surface area contributed by atoms with Gasteiger partial charge in [-0.25, -0.2) is 0 Å². The zero-order valence-electron chi connectivity index (χ0n) is 42.1. The second-order valence-corrected chi connectivity index (χ2v) is 18.2. The Kier molecular flexibility index (Phi) is 23.6. The highest BCUT2D eigenvalue weighted by atomic mass is 16.8. The van der Waals surface area contributed by atoms with Crippen molar-refractivity contribution in [3.63, 3.8) is 0 Å². The Balaban J connectivity index is 1.22. The molecule has 0 aliphatic carbocycles. The Morgan fingerprint density at radius 2 is 0.833 bits per heavy atom. The molecule has 2 aliphatic heterocycles. The molecule has 13 heteroatoms. The van der Waals surface area contributed by atoms with E-state index in [1.165, 1.54) is 7.11 Å². The van der Waals surface area contributed by atoms with Crippen LogP contribution in [0.4, 0.5) is 0 Å². The Morgan fingerprint density at radius 1 is 0.417 bits per heavy atom. The topological polar surface area (TPSA) is 128 Å². The maximum Gasteiger partial charge on any atom is 0.305 e. The minimum atomic E-state index is -1.08. The third-order valence-electron chi connectivity index (χ3n) is 12.9. The fourth-order valence-electron chi connectivity index (χ4n) is 9.09. The zero-order chi connectivity index (χ0) is 50.0. The molecule has 0 unspecified atom stereocenters. The first-order chi connectivity index (χ1) is 35.5. The summed E-state index contributed by atoms with van der Waals surface area (Å²) in [5, 5.41) is 0. The molecule has 0 bridgehead atoms. The molecule has 2 heterocycles. The minimum absolute atomic E-state index is 0.152. The van der Waals surface area contributed by atoms with E-state index in [1.54, 1.807) is 14.2 Å². The van der Waals surface area contributed by atoms with Crippen molar-refractivity contribution >= 4 is 5.97 Å². The van der Waals surface area contributed by atoms with Gasteiger partial charge in [-0.05, 0) is 40.7 Å². The normalized spacial score (nSPS) is 24.2. The number of benzene rings is 5. The van der Waals surface area contributed by atoms with Gasteiger partial charge in [-0.1, -0.05) is 177 Å². The van der Waals surface area contributed by atoms with Gasteiger partial charge in [0, 0.05) is 27.2 Å². The first-order valence-electron chi connectivity index (χ1n) is 25.4. The number of hydrogen-bond acceptors (Lipinski definition) is 13. The maximum atomic E-state index is 11.6. The number of ether oxygens (including phenoxy) is 12. The van der Waals surface area contributed by atoms with Crippen molar-refractivity contribution in [3.05, 3.63) is 179 Å². The molecule has 0 spiro atoms. The summed E-state index contributed by atoms with van der Waals surface area (Å²) in [6, 6.07) is 50.2. The van der Waals surface area contributed by atoms with E-state index in [9.17, 15) is 4.79 Å². The highest BCUT2D eigenvalue weighted by Gasteiger charge is 2.54. The number of unbranched alkanes of at least 4 members (excludes halogenated alkanes) is 5. The Bertz CT molecular complexity index is 2190. The lowest BCUT2D eigenvalue weighted by molar-refractivity contribution is -0.382. The molecule has 5 aromatic carbocycles. The predicted molar refractivity (Wildman–Crippen MR) is 271 cm³/mol. The number of hydrogen-bond donors (Lipinski definition) is 0. The number of rotatable bonds is 31. The Morgan fingerprint density at radius 3 is 1.32 bits per heavy atom. The van der Waals surface area contributed by atoms with Crippen LogP contribution in [0.25, 0.3) is 0 Å². The molecular weight excluding hydrogens is 917 g/mol.